The highest BCUT2D eigenvalue weighted by Gasteiger charge is 2.31. The van der Waals surface area contributed by atoms with Gasteiger partial charge in [0, 0.05) is 6.08 Å². The number of carbonyl (C=O) groups is 1. The molecule has 0 aliphatic rings. The second-order valence-electron chi connectivity index (χ2n) is 3.01. The summed E-state index contributed by atoms with van der Waals surface area (Å²) in [5.74, 6) is -1.21. The predicted octanol–water partition coefficient (Wildman–Crippen LogP) is 0.637. The normalized spacial score (nSPS) is 15.1. The molecule has 86 valence electrons. The molecule has 0 rings (SSSR count). The largest absolute Gasteiger partial charge is 0.451 e. The Kier molecular flexibility index (Phi) is 4.70. The van der Waals surface area contributed by atoms with Crippen molar-refractivity contribution < 1.29 is 22.1 Å². The third-order valence-corrected chi connectivity index (χ3v) is 3.08. The van der Waals surface area contributed by atoms with Crippen LogP contribution in [0.2, 0.25) is 0 Å². The first-order valence-corrected chi connectivity index (χ1v) is 5.63. The van der Waals surface area contributed by atoms with Gasteiger partial charge in [0.1, 0.15) is 11.4 Å². The molecule has 0 radical (unpaired) electrons. The molecule has 0 saturated heterocycles. The van der Waals surface area contributed by atoms with Gasteiger partial charge in [-0.3, -0.25) is 4.18 Å². The summed E-state index contributed by atoms with van der Waals surface area (Å²) >= 11 is 0. The highest BCUT2D eigenvalue weighted by Crippen LogP contribution is 2.16. The highest BCUT2D eigenvalue weighted by molar-refractivity contribution is 7.86. The molecule has 0 fully saturated rings. The Labute approximate surface area is 89.5 Å². The molecule has 0 spiro atoms. The van der Waals surface area contributed by atoms with Crippen LogP contribution in [0.25, 0.3) is 0 Å². The minimum absolute atomic E-state index is 0.487. The quantitative estimate of drug-likeness (QED) is 0.292. The lowest BCUT2D eigenvalue weighted by Gasteiger charge is -2.24. The van der Waals surface area contributed by atoms with Gasteiger partial charge in [-0.25, -0.2) is 4.79 Å². The van der Waals surface area contributed by atoms with E-state index in [1.165, 1.54) is 13.0 Å². The van der Waals surface area contributed by atoms with Crippen LogP contribution in [0, 0.1) is 0 Å². The molecule has 0 aromatic carbocycles. The summed E-state index contributed by atoms with van der Waals surface area (Å²) < 4.78 is 31.4. The number of rotatable bonds is 6. The molecule has 0 amide bonds. The number of carbonyl (C=O) groups excluding carboxylic acids is 1. The van der Waals surface area contributed by atoms with E-state index in [2.05, 4.69) is 17.3 Å². The number of hydrogen-bond acceptors (Lipinski definition) is 5. The smallest absolute Gasteiger partial charge is 0.331 e. The van der Waals surface area contributed by atoms with E-state index in [1.54, 1.807) is 0 Å². The average Bonchev–Trinajstić information content (AvgIpc) is 2.17. The van der Waals surface area contributed by atoms with Gasteiger partial charge in [-0.15, -0.1) is 0 Å². The van der Waals surface area contributed by atoms with Gasteiger partial charge in [0.25, 0.3) is 10.1 Å². The first-order chi connectivity index (χ1) is 6.78. The summed E-state index contributed by atoms with van der Waals surface area (Å²) in [7, 11) is -2.69. The van der Waals surface area contributed by atoms with Crippen LogP contribution in [-0.4, -0.2) is 32.9 Å². The summed E-state index contributed by atoms with van der Waals surface area (Å²) in [4.78, 5) is 10.9. The predicted molar refractivity (Wildman–Crippen MR) is 55.7 cm³/mol. The first kappa shape index (κ1) is 13.9. The van der Waals surface area contributed by atoms with Crippen molar-refractivity contribution in [1.29, 1.82) is 0 Å². The second kappa shape index (κ2) is 5.09. The third-order valence-electron chi connectivity index (χ3n) is 1.65. The number of hydrogen-bond donors (Lipinski definition) is 0. The fraction of sp³-hybridized carbons (Fsp3) is 0.444. The summed E-state index contributed by atoms with van der Waals surface area (Å²) in [5, 5.41) is 0. The Bertz CT molecular complexity index is 357. The molecule has 0 saturated carbocycles. The zero-order valence-corrected chi connectivity index (χ0v) is 9.54. The zero-order valence-electron chi connectivity index (χ0n) is 8.73. The van der Waals surface area contributed by atoms with Crippen LogP contribution >= 0.6 is 0 Å². The van der Waals surface area contributed by atoms with E-state index in [9.17, 15) is 13.2 Å². The van der Waals surface area contributed by atoms with Crippen molar-refractivity contribution >= 4 is 16.1 Å². The van der Waals surface area contributed by atoms with Gasteiger partial charge in [0.05, 0.1) is 7.11 Å². The van der Waals surface area contributed by atoms with Gasteiger partial charge in [-0.05, 0) is 13.0 Å². The molecular weight excluding hydrogens is 220 g/mol. The van der Waals surface area contributed by atoms with Crippen LogP contribution in [0.5, 0.6) is 0 Å². The van der Waals surface area contributed by atoms with Gasteiger partial charge in [0.2, 0.25) is 0 Å². The Morgan fingerprint density at radius 1 is 1.47 bits per heavy atom. The Morgan fingerprint density at radius 3 is 2.33 bits per heavy atom. The van der Waals surface area contributed by atoms with Crippen molar-refractivity contribution in [3.05, 3.63) is 25.3 Å². The first-order valence-electron chi connectivity index (χ1n) is 4.06. The van der Waals surface area contributed by atoms with E-state index in [4.69, 9.17) is 4.74 Å². The van der Waals surface area contributed by atoms with Crippen LogP contribution in [-0.2, 0) is 23.8 Å². The van der Waals surface area contributed by atoms with Crippen molar-refractivity contribution in [2.75, 3.05) is 12.9 Å². The van der Waals surface area contributed by atoms with Crippen molar-refractivity contribution in [2.24, 2.45) is 0 Å². The Morgan fingerprint density at radius 2 is 2.00 bits per heavy atom. The molecule has 0 aromatic rings. The van der Waals surface area contributed by atoms with Crippen LogP contribution < -0.4 is 0 Å². The molecule has 0 N–H and O–H groups in total. The number of ether oxygens (including phenoxy) is 1. The Hall–Kier alpha value is -1.14. The van der Waals surface area contributed by atoms with Crippen molar-refractivity contribution in [2.45, 2.75) is 12.5 Å². The maximum Gasteiger partial charge on any atom is 0.331 e. The van der Waals surface area contributed by atoms with Crippen LogP contribution in [0.3, 0.4) is 0 Å². The molecule has 15 heavy (non-hydrogen) atoms. The molecule has 0 aromatic heterocycles. The zero-order chi connectivity index (χ0) is 12.1. The van der Waals surface area contributed by atoms with E-state index < -0.39 is 27.4 Å². The summed E-state index contributed by atoms with van der Waals surface area (Å²) in [5.41, 5.74) is -1.32. The van der Waals surface area contributed by atoms with Crippen molar-refractivity contribution in [3.8, 4) is 0 Å². The topological polar surface area (TPSA) is 69.7 Å². The molecule has 1 atom stereocenters. The lowest BCUT2D eigenvalue weighted by atomic mass is 10.1. The maximum atomic E-state index is 11.2. The van der Waals surface area contributed by atoms with Gasteiger partial charge < -0.3 is 4.74 Å². The number of esters is 1. The van der Waals surface area contributed by atoms with Gasteiger partial charge in [-0.1, -0.05) is 13.2 Å². The standard InChI is InChI=1S/C9H14O5S/c1-5-8(10)14-9(3,6-2)7-15(11,12)13-4/h5-6H,1-2,7H2,3-4H3. The minimum atomic E-state index is -3.73. The molecule has 0 aliphatic heterocycles. The molecule has 0 aliphatic carbocycles. The lowest BCUT2D eigenvalue weighted by Crippen LogP contribution is -2.37. The van der Waals surface area contributed by atoms with Crippen LogP contribution in [0.4, 0.5) is 0 Å². The van der Waals surface area contributed by atoms with E-state index in [-0.39, 0.29) is 0 Å². The summed E-state index contributed by atoms with van der Waals surface area (Å²) in [6.07, 6.45) is 2.17. The van der Waals surface area contributed by atoms with E-state index in [1.807, 2.05) is 0 Å². The van der Waals surface area contributed by atoms with Gasteiger partial charge in [0.15, 0.2) is 0 Å². The molecule has 5 nitrogen and oxygen atoms in total. The Balaban J connectivity index is 4.80. The third kappa shape index (κ3) is 4.75. The minimum Gasteiger partial charge on any atom is -0.451 e. The van der Waals surface area contributed by atoms with E-state index in [0.29, 0.717) is 0 Å². The van der Waals surface area contributed by atoms with E-state index in [0.717, 1.165) is 13.2 Å². The van der Waals surface area contributed by atoms with Crippen molar-refractivity contribution in [1.82, 2.24) is 0 Å². The fourth-order valence-corrected chi connectivity index (χ4v) is 1.81. The van der Waals surface area contributed by atoms with Gasteiger partial charge in [-0.2, -0.15) is 8.42 Å². The van der Waals surface area contributed by atoms with E-state index >= 15 is 0 Å². The summed E-state index contributed by atoms with van der Waals surface area (Å²) in [6, 6.07) is 0. The summed E-state index contributed by atoms with van der Waals surface area (Å²) in [6.45, 7) is 8.03. The maximum absolute atomic E-state index is 11.2. The van der Waals surface area contributed by atoms with Crippen molar-refractivity contribution in [3.63, 3.8) is 0 Å². The molecule has 6 heteroatoms. The average molecular weight is 234 g/mol. The molecule has 0 bridgehead atoms. The SMILES string of the molecule is C=CC(=O)OC(C)(C=C)CS(=O)(=O)OC. The lowest BCUT2D eigenvalue weighted by molar-refractivity contribution is -0.145. The van der Waals surface area contributed by atoms with Crippen LogP contribution in [0.15, 0.2) is 25.3 Å². The van der Waals surface area contributed by atoms with Crippen LogP contribution in [0.1, 0.15) is 6.92 Å². The monoisotopic (exact) mass is 234 g/mol. The fourth-order valence-electron chi connectivity index (χ4n) is 0.811. The second-order valence-corrected chi connectivity index (χ2v) is 4.75. The highest BCUT2D eigenvalue weighted by atomic mass is 32.2. The molecule has 1 unspecified atom stereocenters. The molecular formula is C9H14O5S. The van der Waals surface area contributed by atoms with Gasteiger partial charge >= 0.3 is 5.97 Å². The molecule has 0 heterocycles.